The van der Waals surface area contributed by atoms with Crippen LogP contribution in [0.25, 0.3) is 0 Å². The molecule has 0 bridgehead atoms. The van der Waals surface area contributed by atoms with Crippen molar-refractivity contribution in [2.24, 2.45) is 5.92 Å². The summed E-state index contributed by atoms with van der Waals surface area (Å²) in [5, 5.41) is 0. The van der Waals surface area contributed by atoms with Gasteiger partial charge in [0, 0.05) is 62.8 Å². The standard InChI is InChI=1S/C23H31N5O/c1-17-5-4-6-21(19(17)3)26-13-15-27(16-14-26)22(29)20-8-11-28(12-9-20)23-24-10-7-18(2)25-23/h4-7,10,20H,8-9,11-16H2,1-3H3. The minimum Gasteiger partial charge on any atom is -0.368 e. The summed E-state index contributed by atoms with van der Waals surface area (Å²) < 4.78 is 0. The maximum Gasteiger partial charge on any atom is 0.225 e. The highest BCUT2D eigenvalue weighted by molar-refractivity contribution is 5.79. The van der Waals surface area contributed by atoms with Crippen molar-refractivity contribution in [3.8, 4) is 0 Å². The summed E-state index contributed by atoms with van der Waals surface area (Å²) in [7, 11) is 0. The van der Waals surface area contributed by atoms with E-state index in [9.17, 15) is 4.79 Å². The smallest absolute Gasteiger partial charge is 0.225 e. The number of carbonyl (C=O) groups is 1. The number of aromatic nitrogens is 2. The molecule has 0 N–H and O–H groups in total. The van der Waals surface area contributed by atoms with Gasteiger partial charge in [0.15, 0.2) is 0 Å². The summed E-state index contributed by atoms with van der Waals surface area (Å²) in [5.74, 6) is 1.25. The Labute approximate surface area is 173 Å². The van der Waals surface area contributed by atoms with Gasteiger partial charge in [-0.15, -0.1) is 0 Å². The minimum atomic E-state index is 0.128. The molecule has 6 nitrogen and oxygen atoms in total. The molecule has 0 unspecified atom stereocenters. The van der Waals surface area contributed by atoms with E-state index in [1.807, 2.05) is 19.2 Å². The number of benzene rings is 1. The molecule has 0 aliphatic carbocycles. The molecule has 6 heteroatoms. The van der Waals surface area contributed by atoms with Crippen molar-refractivity contribution >= 4 is 17.5 Å². The van der Waals surface area contributed by atoms with Crippen LogP contribution in [0.5, 0.6) is 0 Å². The molecule has 1 aromatic heterocycles. The van der Waals surface area contributed by atoms with Crippen LogP contribution >= 0.6 is 0 Å². The summed E-state index contributed by atoms with van der Waals surface area (Å²) in [5.41, 5.74) is 4.96. The Kier molecular flexibility index (Phi) is 5.69. The van der Waals surface area contributed by atoms with Crippen molar-refractivity contribution in [1.29, 1.82) is 0 Å². The molecule has 0 saturated carbocycles. The first-order valence-corrected chi connectivity index (χ1v) is 10.7. The van der Waals surface area contributed by atoms with Crippen LogP contribution < -0.4 is 9.80 Å². The van der Waals surface area contributed by atoms with Gasteiger partial charge < -0.3 is 14.7 Å². The van der Waals surface area contributed by atoms with E-state index in [1.165, 1.54) is 16.8 Å². The van der Waals surface area contributed by atoms with Gasteiger partial charge in [-0.05, 0) is 56.9 Å². The van der Waals surface area contributed by atoms with Gasteiger partial charge in [-0.3, -0.25) is 4.79 Å². The number of aryl methyl sites for hydroxylation is 2. The summed E-state index contributed by atoms with van der Waals surface area (Å²) >= 11 is 0. The molecule has 3 heterocycles. The molecule has 2 aliphatic rings. The van der Waals surface area contributed by atoms with E-state index < -0.39 is 0 Å². The number of piperazine rings is 1. The summed E-state index contributed by atoms with van der Waals surface area (Å²) in [6.07, 6.45) is 3.57. The van der Waals surface area contributed by atoms with Gasteiger partial charge in [-0.25, -0.2) is 9.97 Å². The van der Waals surface area contributed by atoms with E-state index in [0.717, 1.165) is 63.8 Å². The molecule has 1 aromatic carbocycles. The van der Waals surface area contributed by atoms with Crippen molar-refractivity contribution in [1.82, 2.24) is 14.9 Å². The highest BCUT2D eigenvalue weighted by Crippen LogP contribution is 2.26. The lowest BCUT2D eigenvalue weighted by Gasteiger charge is -2.40. The number of anilines is 2. The first-order chi connectivity index (χ1) is 14.0. The molecule has 2 saturated heterocycles. The van der Waals surface area contributed by atoms with Gasteiger partial charge in [-0.2, -0.15) is 0 Å². The van der Waals surface area contributed by atoms with E-state index >= 15 is 0 Å². The zero-order valence-corrected chi connectivity index (χ0v) is 17.8. The van der Waals surface area contributed by atoms with E-state index in [4.69, 9.17) is 0 Å². The van der Waals surface area contributed by atoms with Crippen LogP contribution in [-0.2, 0) is 4.79 Å². The van der Waals surface area contributed by atoms with Crippen molar-refractivity contribution < 1.29 is 4.79 Å². The van der Waals surface area contributed by atoms with Crippen molar-refractivity contribution in [3.05, 3.63) is 47.3 Å². The molecule has 154 valence electrons. The normalized spacial score (nSPS) is 18.2. The van der Waals surface area contributed by atoms with Crippen LogP contribution in [0, 0.1) is 26.7 Å². The molecule has 0 spiro atoms. The number of carbonyl (C=O) groups excluding carboxylic acids is 1. The Morgan fingerprint density at radius 2 is 1.66 bits per heavy atom. The molecule has 29 heavy (non-hydrogen) atoms. The first kappa shape index (κ1) is 19.7. The van der Waals surface area contributed by atoms with E-state index in [-0.39, 0.29) is 5.92 Å². The Balaban J connectivity index is 1.31. The Bertz CT molecular complexity index is 867. The zero-order valence-electron chi connectivity index (χ0n) is 17.8. The van der Waals surface area contributed by atoms with Crippen LogP contribution in [0.2, 0.25) is 0 Å². The summed E-state index contributed by atoms with van der Waals surface area (Å²) in [4.78, 5) is 28.7. The summed E-state index contributed by atoms with van der Waals surface area (Å²) in [6, 6.07) is 8.40. The topological polar surface area (TPSA) is 52.6 Å². The highest BCUT2D eigenvalue weighted by Gasteiger charge is 2.31. The number of piperidine rings is 1. The second kappa shape index (κ2) is 8.39. The maximum absolute atomic E-state index is 13.1. The molecule has 2 aliphatic heterocycles. The number of hydrogen-bond acceptors (Lipinski definition) is 5. The lowest BCUT2D eigenvalue weighted by molar-refractivity contribution is -0.136. The average molecular weight is 394 g/mol. The van der Waals surface area contributed by atoms with Gasteiger partial charge in [0.25, 0.3) is 0 Å². The minimum absolute atomic E-state index is 0.128. The first-order valence-electron chi connectivity index (χ1n) is 10.7. The zero-order chi connectivity index (χ0) is 20.4. The van der Waals surface area contributed by atoms with Crippen LogP contribution in [0.1, 0.15) is 29.7 Å². The number of rotatable bonds is 3. The fraction of sp³-hybridized carbons (Fsp3) is 0.522. The third-order valence-electron chi connectivity index (χ3n) is 6.42. The van der Waals surface area contributed by atoms with Crippen molar-refractivity contribution in [2.45, 2.75) is 33.6 Å². The van der Waals surface area contributed by atoms with E-state index in [2.05, 4.69) is 56.7 Å². The predicted molar refractivity (Wildman–Crippen MR) is 116 cm³/mol. The van der Waals surface area contributed by atoms with Gasteiger partial charge in [-0.1, -0.05) is 12.1 Å². The second-order valence-corrected chi connectivity index (χ2v) is 8.29. The van der Waals surface area contributed by atoms with Crippen LogP contribution in [0.4, 0.5) is 11.6 Å². The second-order valence-electron chi connectivity index (χ2n) is 8.29. The molecule has 0 atom stereocenters. The predicted octanol–water partition coefficient (Wildman–Crippen LogP) is 2.97. The Morgan fingerprint density at radius 3 is 2.34 bits per heavy atom. The number of nitrogens with zero attached hydrogens (tertiary/aromatic N) is 5. The van der Waals surface area contributed by atoms with E-state index in [0.29, 0.717) is 5.91 Å². The van der Waals surface area contributed by atoms with Crippen molar-refractivity contribution in [2.75, 3.05) is 49.1 Å². The Hall–Kier alpha value is -2.63. The lowest BCUT2D eigenvalue weighted by Crippen LogP contribution is -2.52. The highest BCUT2D eigenvalue weighted by atomic mass is 16.2. The number of amides is 1. The quantitative estimate of drug-likeness (QED) is 0.802. The Morgan fingerprint density at radius 1 is 0.931 bits per heavy atom. The largest absolute Gasteiger partial charge is 0.368 e. The molecular weight excluding hydrogens is 362 g/mol. The maximum atomic E-state index is 13.1. The third kappa shape index (κ3) is 4.21. The SMILES string of the molecule is Cc1ccnc(N2CCC(C(=O)N3CCN(c4cccc(C)c4C)CC3)CC2)n1. The molecular formula is C23H31N5O. The van der Waals surface area contributed by atoms with Crippen LogP contribution in [0.15, 0.2) is 30.5 Å². The molecule has 1 amide bonds. The van der Waals surface area contributed by atoms with E-state index in [1.54, 1.807) is 0 Å². The summed E-state index contributed by atoms with van der Waals surface area (Å²) in [6.45, 7) is 11.5. The fourth-order valence-electron chi connectivity index (χ4n) is 4.42. The third-order valence-corrected chi connectivity index (χ3v) is 6.42. The van der Waals surface area contributed by atoms with Gasteiger partial charge in [0.05, 0.1) is 0 Å². The van der Waals surface area contributed by atoms with Gasteiger partial charge in [0.1, 0.15) is 0 Å². The van der Waals surface area contributed by atoms with Gasteiger partial charge >= 0.3 is 0 Å². The molecule has 2 aromatic rings. The molecule has 4 rings (SSSR count). The van der Waals surface area contributed by atoms with Crippen LogP contribution in [-0.4, -0.2) is 60.0 Å². The molecule has 2 fully saturated rings. The molecule has 0 radical (unpaired) electrons. The number of hydrogen-bond donors (Lipinski definition) is 0. The average Bonchev–Trinajstić information content (AvgIpc) is 2.75. The van der Waals surface area contributed by atoms with Crippen molar-refractivity contribution in [3.63, 3.8) is 0 Å². The fourth-order valence-corrected chi connectivity index (χ4v) is 4.42. The van der Waals surface area contributed by atoms with Crippen LogP contribution in [0.3, 0.4) is 0 Å². The monoisotopic (exact) mass is 393 g/mol. The lowest BCUT2D eigenvalue weighted by atomic mass is 9.95. The van der Waals surface area contributed by atoms with Gasteiger partial charge in [0.2, 0.25) is 11.9 Å².